The fraction of sp³-hybridized carbons (Fsp3) is 0.238. The fourth-order valence-corrected chi connectivity index (χ4v) is 3.96. The Labute approximate surface area is 174 Å². The monoisotopic (exact) mass is 426 g/mol. The second-order valence-corrected chi connectivity index (χ2v) is 7.46. The van der Waals surface area contributed by atoms with E-state index in [0.29, 0.717) is 28.7 Å². The molecule has 31 heavy (non-hydrogen) atoms. The number of para-hydroxylation sites is 1. The zero-order valence-electron chi connectivity index (χ0n) is 16.7. The number of alkyl halides is 3. The number of anilines is 1. The average molecular weight is 426 g/mol. The molecule has 0 aliphatic carbocycles. The lowest BCUT2D eigenvalue weighted by atomic mass is 10.1. The molecule has 0 unspecified atom stereocenters. The number of hydrogen-bond donors (Lipinski definition) is 0. The number of aryl methyl sites for hydroxylation is 2. The normalized spacial score (nSPS) is 13.8. The first-order chi connectivity index (χ1) is 14.7. The number of rotatable bonds is 2. The lowest BCUT2D eigenvalue weighted by Crippen LogP contribution is -2.29. The third kappa shape index (κ3) is 3.15. The second-order valence-electron chi connectivity index (χ2n) is 7.46. The highest BCUT2D eigenvalue weighted by Gasteiger charge is 2.36. The molecule has 0 atom stereocenters. The van der Waals surface area contributed by atoms with Gasteiger partial charge in [0.15, 0.2) is 17.0 Å². The number of fused-ring (bicyclic) bond motifs is 2. The fourth-order valence-electron chi connectivity index (χ4n) is 3.96. The Balaban J connectivity index is 1.64. The predicted molar refractivity (Wildman–Crippen MR) is 107 cm³/mol. The highest BCUT2D eigenvalue weighted by molar-refractivity contribution is 6.06. The molecule has 10 heteroatoms. The van der Waals surface area contributed by atoms with Gasteiger partial charge in [0.05, 0.1) is 11.4 Å². The van der Waals surface area contributed by atoms with Crippen molar-refractivity contribution in [2.24, 2.45) is 7.05 Å². The summed E-state index contributed by atoms with van der Waals surface area (Å²) in [5.74, 6) is -0.456. The Morgan fingerprint density at radius 2 is 1.90 bits per heavy atom. The largest absolute Gasteiger partial charge is 0.433 e. The summed E-state index contributed by atoms with van der Waals surface area (Å²) < 4.78 is 43.7. The first-order valence-corrected chi connectivity index (χ1v) is 9.61. The Hall–Kier alpha value is -3.69. The van der Waals surface area contributed by atoms with Gasteiger partial charge in [0.2, 0.25) is 0 Å². The number of halogens is 3. The van der Waals surface area contributed by atoms with Gasteiger partial charge in [0.1, 0.15) is 0 Å². The molecule has 4 heterocycles. The highest BCUT2D eigenvalue weighted by Crippen LogP contribution is 2.34. The quantitative estimate of drug-likeness (QED) is 0.491. The van der Waals surface area contributed by atoms with E-state index in [1.807, 2.05) is 24.3 Å². The molecule has 5 rings (SSSR count). The summed E-state index contributed by atoms with van der Waals surface area (Å²) in [6.45, 7) is 2.15. The molecule has 0 saturated carbocycles. The number of aromatic nitrogens is 5. The predicted octanol–water partition coefficient (Wildman–Crippen LogP) is 3.66. The van der Waals surface area contributed by atoms with Crippen molar-refractivity contribution in [1.82, 2.24) is 24.4 Å². The van der Waals surface area contributed by atoms with Crippen LogP contribution < -0.4 is 4.90 Å². The van der Waals surface area contributed by atoms with Gasteiger partial charge in [0, 0.05) is 37.1 Å². The van der Waals surface area contributed by atoms with Crippen LogP contribution in [0.1, 0.15) is 27.4 Å². The van der Waals surface area contributed by atoms with E-state index in [4.69, 9.17) is 0 Å². The van der Waals surface area contributed by atoms with Crippen molar-refractivity contribution in [3.63, 3.8) is 0 Å². The van der Waals surface area contributed by atoms with Gasteiger partial charge >= 0.3 is 6.18 Å². The van der Waals surface area contributed by atoms with Crippen LogP contribution in [0.4, 0.5) is 18.9 Å². The summed E-state index contributed by atoms with van der Waals surface area (Å²) in [6, 6.07) is 9.69. The van der Waals surface area contributed by atoms with E-state index in [9.17, 15) is 18.0 Å². The van der Waals surface area contributed by atoms with Gasteiger partial charge < -0.3 is 4.90 Å². The Bertz CT molecular complexity index is 1340. The van der Waals surface area contributed by atoms with Crippen LogP contribution in [-0.4, -0.2) is 36.8 Å². The smallest absolute Gasteiger partial charge is 0.306 e. The number of carbonyl (C=O) groups is 1. The Kier molecular flexibility index (Phi) is 4.14. The van der Waals surface area contributed by atoms with Crippen molar-refractivity contribution in [1.29, 1.82) is 0 Å². The van der Waals surface area contributed by atoms with Gasteiger partial charge in [-0.1, -0.05) is 18.2 Å². The van der Waals surface area contributed by atoms with E-state index >= 15 is 0 Å². The van der Waals surface area contributed by atoms with Gasteiger partial charge in [-0.3, -0.25) is 9.48 Å². The summed E-state index contributed by atoms with van der Waals surface area (Å²) in [7, 11) is 1.68. The highest BCUT2D eigenvalue weighted by atomic mass is 19.4. The van der Waals surface area contributed by atoms with Gasteiger partial charge in [0.25, 0.3) is 5.91 Å². The molecule has 1 amide bonds. The first kappa shape index (κ1) is 19.3. The van der Waals surface area contributed by atoms with Crippen molar-refractivity contribution in [2.75, 3.05) is 11.4 Å². The maximum atomic E-state index is 13.8. The molecule has 0 spiro atoms. The summed E-state index contributed by atoms with van der Waals surface area (Å²) >= 11 is 0. The summed E-state index contributed by atoms with van der Waals surface area (Å²) in [5, 5.41) is 8.16. The molecule has 0 bridgehead atoms. The number of carbonyl (C=O) groups excluding carboxylic acids is 1. The molecule has 0 saturated heterocycles. The molecule has 1 aromatic carbocycles. The van der Waals surface area contributed by atoms with E-state index in [-0.39, 0.29) is 17.0 Å². The minimum absolute atomic E-state index is 0.0519. The van der Waals surface area contributed by atoms with Crippen molar-refractivity contribution in [3.05, 3.63) is 65.2 Å². The molecule has 0 fully saturated rings. The molecule has 1 aliphatic rings. The molecule has 158 valence electrons. The van der Waals surface area contributed by atoms with Gasteiger partial charge in [-0.25, -0.2) is 9.50 Å². The van der Waals surface area contributed by atoms with Gasteiger partial charge in [-0.05, 0) is 31.0 Å². The first-order valence-electron chi connectivity index (χ1n) is 9.61. The zero-order chi connectivity index (χ0) is 21.9. The maximum absolute atomic E-state index is 13.8. The number of amides is 1. The van der Waals surface area contributed by atoms with E-state index in [2.05, 4.69) is 15.2 Å². The van der Waals surface area contributed by atoms with Gasteiger partial charge in [-0.15, -0.1) is 0 Å². The van der Waals surface area contributed by atoms with E-state index in [0.717, 1.165) is 17.3 Å². The molecule has 0 radical (unpaired) electrons. The standard InChI is InChI=1S/C21H17F3N6O/c1-12-14(11-28(2)26-12)15-9-18(21(22,23)24)30-19(25-15)10-16(27-30)20(31)29-8-7-13-5-3-4-6-17(13)29/h3-6,9-11H,7-8H2,1-2H3. The van der Waals surface area contributed by atoms with Crippen LogP contribution in [0.25, 0.3) is 16.9 Å². The minimum atomic E-state index is -4.68. The van der Waals surface area contributed by atoms with Crippen molar-refractivity contribution in [3.8, 4) is 11.3 Å². The number of benzene rings is 1. The van der Waals surface area contributed by atoms with Crippen LogP contribution >= 0.6 is 0 Å². The van der Waals surface area contributed by atoms with Crippen LogP contribution in [0.2, 0.25) is 0 Å². The van der Waals surface area contributed by atoms with E-state index < -0.39 is 17.8 Å². The third-order valence-corrected chi connectivity index (χ3v) is 5.36. The third-order valence-electron chi connectivity index (χ3n) is 5.36. The van der Waals surface area contributed by atoms with E-state index in [1.54, 1.807) is 20.2 Å². The summed E-state index contributed by atoms with van der Waals surface area (Å²) in [4.78, 5) is 19.0. The molecule has 3 aromatic heterocycles. The second kappa shape index (κ2) is 6.66. The molecular weight excluding hydrogens is 409 g/mol. The molecule has 4 aromatic rings. The topological polar surface area (TPSA) is 68.3 Å². The maximum Gasteiger partial charge on any atom is 0.433 e. The SMILES string of the molecule is Cc1nn(C)cc1-c1cc(C(F)(F)F)n2nc(C(=O)N3CCc4ccccc43)cc2n1. The molecule has 0 N–H and O–H groups in total. The van der Waals surface area contributed by atoms with Crippen LogP contribution in [0.15, 0.2) is 42.6 Å². The van der Waals surface area contributed by atoms with Crippen LogP contribution in [-0.2, 0) is 19.6 Å². The van der Waals surface area contributed by atoms with Crippen molar-refractivity contribution >= 4 is 17.2 Å². The van der Waals surface area contributed by atoms with Crippen LogP contribution in [0.5, 0.6) is 0 Å². The van der Waals surface area contributed by atoms with Crippen LogP contribution in [0.3, 0.4) is 0 Å². The van der Waals surface area contributed by atoms with Gasteiger partial charge in [-0.2, -0.15) is 23.4 Å². The summed E-state index contributed by atoms with van der Waals surface area (Å²) in [5.41, 5.74) is 1.78. The molecule has 7 nitrogen and oxygen atoms in total. The zero-order valence-corrected chi connectivity index (χ0v) is 16.7. The minimum Gasteiger partial charge on any atom is -0.306 e. The van der Waals surface area contributed by atoms with Crippen molar-refractivity contribution < 1.29 is 18.0 Å². The lowest BCUT2D eigenvalue weighted by Gasteiger charge is -2.15. The number of nitrogens with zero attached hydrogens (tertiary/aromatic N) is 6. The molecule has 1 aliphatic heterocycles. The molecular formula is C21H17F3N6O. The Morgan fingerprint density at radius 1 is 1.13 bits per heavy atom. The van der Waals surface area contributed by atoms with Crippen LogP contribution in [0, 0.1) is 6.92 Å². The Morgan fingerprint density at radius 3 is 2.61 bits per heavy atom. The van der Waals surface area contributed by atoms with Crippen molar-refractivity contribution in [2.45, 2.75) is 19.5 Å². The number of hydrogen-bond acceptors (Lipinski definition) is 4. The lowest BCUT2D eigenvalue weighted by molar-refractivity contribution is -0.142. The van der Waals surface area contributed by atoms with E-state index in [1.165, 1.54) is 15.6 Å². The average Bonchev–Trinajstić information content (AvgIpc) is 3.41. The summed E-state index contributed by atoms with van der Waals surface area (Å²) in [6.07, 6.45) is -2.39.